The van der Waals surface area contributed by atoms with Crippen molar-refractivity contribution in [1.82, 2.24) is 4.90 Å². The molecule has 114 valence electrons. The molecule has 7 nitrogen and oxygen atoms in total. The van der Waals surface area contributed by atoms with E-state index >= 15 is 0 Å². The fraction of sp³-hybridized carbons (Fsp3) is 0.500. The number of methoxy groups -OCH3 is 2. The number of carbonyl (C=O) groups excluding carboxylic acids is 1. The Kier molecular flexibility index (Phi) is 4.74. The predicted octanol–water partition coefficient (Wildman–Crippen LogP) is 1.63. The first-order chi connectivity index (χ1) is 10.1. The standard InChI is InChI=1S/C14H19N3O4/c1-16-4-6-17(7-5-16)12-9-11(15-19)13(20-2)8-10(12)14(18)21-3/h8-9H,4-7H2,1-3H3. The molecule has 0 saturated carbocycles. The number of ether oxygens (including phenoxy) is 2. The third-order valence-corrected chi connectivity index (χ3v) is 3.64. The molecule has 1 saturated heterocycles. The van der Waals surface area contributed by atoms with Crippen molar-refractivity contribution < 1.29 is 14.3 Å². The highest BCUT2D eigenvalue weighted by atomic mass is 16.5. The van der Waals surface area contributed by atoms with Crippen LogP contribution in [0.4, 0.5) is 11.4 Å². The number of carbonyl (C=O) groups is 1. The monoisotopic (exact) mass is 293 g/mol. The second-order valence-electron chi connectivity index (χ2n) is 4.91. The first-order valence-corrected chi connectivity index (χ1v) is 6.68. The lowest BCUT2D eigenvalue weighted by Gasteiger charge is -2.35. The van der Waals surface area contributed by atoms with Crippen molar-refractivity contribution in [2.24, 2.45) is 5.18 Å². The third-order valence-electron chi connectivity index (χ3n) is 3.64. The molecule has 0 radical (unpaired) electrons. The number of hydrogen-bond acceptors (Lipinski definition) is 7. The molecule has 1 aliphatic rings. The number of piperazine rings is 1. The molecule has 0 N–H and O–H groups in total. The van der Waals surface area contributed by atoms with E-state index in [0.29, 0.717) is 11.3 Å². The number of esters is 1. The van der Waals surface area contributed by atoms with E-state index in [4.69, 9.17) is 9.47 Å². The molecule has 2 rings (SSSR count). The predicted molar refractivity (Wildman–Crippen MR) is 79.5 cm³/mol. The van der Waals surface area contributed by atoms with Gasteiger partial charge in [-0.1, -0.05) is 0 Å². The molecule has 0 atom stereocenters. The number of anilines is 1. The van der Waals surface area contributed by atoms with Gasteiger partial charge in [0.2, 0.25) is 0 Å². The van der Waals surface area contributed by atoms with Crippen molar-refractivity contribution in [3.8, 4) is 5.75 Å². The average Bonchev–Trinajstić information content (AvgIpc) is 2.53. The Morgan fingerprint density at radius 2 is 1.86 bits per heavy atom. The van der Waals surface area contributed by atoms with E-state index in [1.54, 1.807) is 6.07 Å². The smallest absolute Gasteiger partial charge is 0.340 e. The van der Waals surface area contributed by atoms with Gasteiger partial charge < -0.3 is 19.3 Å². The maximum Gasteiger partial charge on any atom is 0.340 e. The van der Waals surface area contributed by atoms with Gasteiger partial charge in [0, 0.05) is 26.2 Å². The lowest BCUT2D eigenvalue weighted by atomic mass is 10.1. The van der Waals surface area contributed by atoms with E-state index in [1.807, 2.05) is 7.05 Å². The van der Waals surface area contributed by atoms with Crippen molar-refractivity contribution in [1.29, 1.82) is 0 Å². The van der Waals surface area contributed by atoms with Crippen LogP contribution in [0.1, 0.15) is 10.4 Å². The highest BCUT2D eigenvalue weighted by Gasteiger charge is 2.23. The Labute approximate surface area is 123 Å². The zero-order valence-electron chi connectivity index (χ0n) is 12.5. The van der Waals surface area contributed by atoms with Crippen LogP contribution in [0.5, 0.6) is 5.75 Å². The van der Waals surface area contributed by atoms with Crippen molar-refractivity contribution in [2.45, 2.75) is 0 Å². The van der Waals surface area contributed by atoms with Gasteiger partial charge >= 0.3 is 5.97 Å². The molecular formula is C14H19N3O4. The van der Waals surface area contributed by atoms with Gasteiger partial charge in [-0.15, -0.1) is 4.91 Å². The summed E-state index contributed by atoms with van der Waals surface area (Å²) in [4.78, 5) is 27.2. The molecule has 0 spiro atoms. The maximum absolute atomic E-state index is 12.0. The molecule has 1 heterocycles. The van der Waals surface area contributed by atoms with Crippen molar-refractivity contribution in [3.05, 3.63) is 22.6 Å². The number of rotatable bonds is 4. The molecule has 1 aromatic rings. The third kappa shape index (κ3) is 3.13. The second kappa shape index (κ2) is 6.53. The molecule has 1 aliphatic heterocycles. The lowest BCUT2D eigenvalue weighted by molar-refractivity contribution is 0.0601. The van der Waals surface area contributed by atoms with E-state index in [1.165, 1.54) is 20.3 Å². The number of nitrogens with zero attached hydrogens (tertiary/aromatic N) is 3. The highest BCUT2D eigenvalue weighted by Crippen LogP contribution is 2.36. The second-order valence-corrected chi connectivity index (χ2v) is 4.91. The van der Waals surface area contributed by atoms with E-state index in [9.17, 15) is 9.70 Å². The summed E-state index contributed by atoms with van der Waals surface area (Å²) in [5, 5.41) is 2.97. The molecular weight excluding hydrogens is 274 g/mol. The molecule has 0 aliphatic carbocycles. The van der Waals surface area contributed by atoms with Gasteiger partial charge in [-0.2, -0.15) is 0 Å². The zero-order chi connectivity index (χ0) is 15.4. The molecule has 0 amide bonds. The van der Waals surface area contributed by atoms with Gasteiger partial charge in [-0.25, -0.2) is 4.79 Å². The van der Waals surface area contributed by atoms with Crippen LogP contribution in [-0.2, 0) is 4.74 Å². The van der Waals surface area contributed by atoms with Gasteiger partial charge in [-0.3, -0.25) is 0 Å². The van der Waals surface area contributed by atoms with Crippen LogP contribution in [0, 0.1) is 4.91 Å². The summed E-state index contributed by atoms with van der Waals surface area (Å²) in [6.45, 7) is 3.31. The van der Waals surface area contributed by atoms with E-state index in [0.717, 1.165) is 26.2 Å². The Hall–Kier alpha value is -2.15. The zero-order valence-corrected chi connectivity index (χ0v) is 12.5. The summed E-state index contributed by atoms with van der Waals surface area (Å²) in [7, 11) is 4.81. The van der Waals surface area contributed by atoms with Crippen molar-refractivity contribution in [3.63, 3.8) is 0 Å². The van der Waals surface area contributed by atoms with Crippen molar-refractivity contribution in [2.75, 3.05) is 52.3 Å². The van der Waals surface area contributed by atoms with E-state index in [2.05, 4.69) is 15.0 Å². The quantitative estimate of drug-likeness (QED) is 0.620. The molecule has 21 heavy (non-hydrogen) atoms. The van der Waals surface area contributed by atoms with Gasteiger partial charge in [0.1, 0.15) is 5.75 Å². The summed E-state index contributed by atoms with van der Waals surface area (Å²) in [5.41, 5.74) is 1.22. The molecule has 0 bridgehead atoms. The number of nitroso groups, excluding NO2 is 1. The summed E-state index contributed by atoms with van der Waals surface area (Å²) >= 11 is 0. The molecule has 1 aromatic carbocycles. The minimum Gasteiger partial charge on any atom is -0.494 e. The van der Waals surface area contributed by atoms with Crippen LogP contribution in [-0.4, -0.2) is 58.3 Å². The molecule has 0 unspecified atom stereocenters. The Bertz CT molecular complexity index is 539. The topological polar surface area (TPSA) is 71.4 Å². The van der Waals surface area contributed by atoms with Gasteiger partial charge in [0.05, 0.1) is 25.5 Å². The first-order valence-electron chi connectivity index (χ1n) is 6.68. The lowest BCUT2D eigenvalue weighted by Crippen LogP contribution is -2.45. The van der Waals surface area contributed by atoms with Crippen LogP contribution in [0.15, 0.2) is 17.3 Å². The summed E-state index contributed by atoms with van der Waals surface area (Å²) in [5.74, 6) is -0.192. The summed E-state index contributed by atoms with van der Waals surface area (Å²) in [6, 6.07) is 3.10. The first kappa shape index (κ1) is 15.2. The molecule has 7 heteroatoms. The Morgan fingerprint density at radius 3 is 2.38 bits per heavy atom. The number of hydrogen-bond donors (Lipinski definition) is 0. The van der Waals surface area contributed by atoms with E-state index < -0.39 is 5.97 Å². The molecule has 1 fully saturated rings. The van der Waals surface area contributed by atoms with Crippen LogP contribution in [0.3, 0.4) is 0 Å². The normalized spacial score (nSPS) is 15.7. The van der Waals surface area contributed by atoms with Crippen LogP contribution in [0.2, 0.25) is 0 Å². The van der Waals surface area contributed by atoms with Crippen LogP contribution >= 0.6 is 0 Å². The summed E-state index contributed by atoms with van der Waals surface area (Å²) in [6.07, 6.45) is 0. The fourth-order valence-corrected chi connectivity index (χ4v) is 2.37. The average molecular weight is 293 g/mol. The van der Waals surface area contributed by atoms with E-state index in [-0.39, 0.29) is 11.4 Å². The largest absolute Gasteiger partial charge is 0.494 e. The van der Waals surface area contributed by atoms with Crippen LogP contribution in [0.25, 0.3) is 0 Å². The Morgan fingerprint density at radius 1 is 1.19 bits per heavy atom. The minimum atomic E-state index is -0.459. The minimum absolute atomic E-state index is 0.180. The SMILES string of the molecule is COC(=O)c1cc(OC)c(N=O)cc1N1CCN(C)CC1. The van der Waals surface area contributed by atoms with Crippen molar-refractivity contribution >= 4 is 17.3 Å². The Balaban J connectivity index is 2.46. The van der Waals surface area contributed by atoms with Gasteiger partial charge in [0.25, 0.3) is 0 Å². The highest BCUT2D eigenvalue weighted by molar-refractivity contribution is 5.97. The van der Waals surface area contributed by atoms with Gasteiger partial charge in [0.15, 0.2) is 5.69 Å². The molecule has 0 aromatic heterocycles. The fourth-order valence-electron chi connectivity index (χ4n) is 2.37. The maximum atomic E-state index is 12.0. The van der Waals surface area contributed by atoms with Crippen LogP contribution < -0.4 is 9.64 Å². The summed E-state index contributed by atoms with van der Waals surface area (Å²) < 4.78 is 9.92. The number of likely N-dealkylation sites (N-methyl/N-ethyl adjacent to an activating group) is 1. The van der Waals surface area contributed by atoms with Gasteiger partial charge in [-0.05, 0) is 24.4 Å². The number of benzene rings is 1.